The summed E-state index contributed by atoms with van der Waals surface area (Å²) >= 11 is 0. The molecule has 0 aromatic heterocycles. The highest BCUT2D eigenvalue weighted by Gasteiger charge is 2.24. The van der Waals surface area contributed by atoms with E-state index in [4.69, 9.17) is 4.74 Å². The maximum Gasteiger partial charge on any atom is 0.0638 e. The molecule has 1 heterocycles. The van der Waals surface area contributed by atoms with Gasteiger partial charge in [-0.05, 0) is 32.0 Å². The first-order chi connectivity index (χ1) is 8.22. The molecular formula is C14H22N2O. The van der Waals surface area contributed by atoms with Crippen molar-refractivity contribution in [2.24, 2.45) is 0 Å². The molecule has 2 N–H and O–H groups in total. The summed E-state index contributed by atoms with van der Waals surface area (Å²) < 4.78 is 5.55. The summed E-state index contributed by atoms with van der Waals surface area (Å²) in [6, 6.07) is 7.30. The van der Waals surface area contributed by atoms with Crippen LogP contribution in [0.5, 0.6) is 0 Å². The fourth-order valence-corrected chi connectivity index (χ4v) is 2.47. The van der Waals surface area contributed by atoms with E-state index in [0.29, 0.717) is 12.1 Å². The SMILES string of the molecule is CNC(c1cc(C)ccc1C)C1COCCN1. The van der Waals surface area contributed by atoms with Crippen molar-refractivity contribution in [1.82, 2.24) is 10.6 Å². The minimum absolute atomic E-state index is 0.315. The summed E-state index contributed by atoms with van der Waals surface area (Å²) in [5.41, 5.74) is 4.01. The number of nitrogens with one attached hydrogen (secondary N) is 2. The third-order valence-electron chi connectivity index (χ3n) is 3.43. The number of ether oxygens (including phenoxy) is 1. The summed E-state index contributed by atoms with van der Waals surface area (Å²) in [7, 11) is 2.02. The van der Waals surface area contributed by atoms with Crippen LogP contribution in [0.25, 0.3) is 0 Å². The minimum Gasteiger partial charge on any atom is -0.378 e. The minimum atomic E-state index is 0.315. The molecule has 2 unspecified atom stereocenters. The fourth-order valence-electron chi connectivity index (χ4n) is 2.47. The van der Waals surface area contributed by atoms with Crippen LogP contribution in [0.4, 0.5) is 0 Å². The van der Waals surface area contributed by atoms with Gasteiger partial charge in [-0.2, -0.15) is 0 Å². The third kappa shape index (κ3) is 2.86. The highest BCUT2D eigenvalue weighted by molar-refractivity contribution is 5.34. The highest BCUT2D eigenvalue weighted by Crippen LogP contribution is 2.23. The number of benzene rings is 1. The molecule has 0 aliphatic carbocycles. The topological polar surface area (TPSA) is 33.3 Å². The molecule has 0 amide bonds. The van der Waals surface area contributed by atoms with Crippen molar-refractivity contribution >= 4 is 0 Å². The first-order valence-corrected chi connectivity index (χ1v) is 6.28. The number of aryl methyl sites for hydroxylation is 2. The van der Waals surface area contributed by atoms with Gasteiger partial charge in [0, 0.05) is 12.6 Å². The van der Waals surface area contributed by atoms with E-state index in [1.807, 2.05) is 7.05 Å². The fraction of sp³-hybridized carbons (Fsp3) is 0.571. The molecule has 0 saturated carbocycles. The Labute approximate surface area is 104 Å². The van der Waals surface area contributed by atoms with Crippen molar-refractivity contribution in [3.05, 3.63) is 34.9 Å². The first-order valence-electron chi connectivity index (χ1n) is 6.28. The monoisotopic (exact) mass is 234 g/mol. The van der Waals surface area contributed by atoms with Gasteiger partial charge in [0.1, 0.15) is 0 Å². The molecule has 0 radical (unpaired) electrons. The van der Waals surface area contributed by atoms with Gasteiger partial charge in [0.25, 0.3) is 0 Å². The summed E-state index contributed by atoms with van der Waals surface area (Å²) in [4.78, 5) is 0. The van der Waals surface area contributed by atoms with E-state index in [1.165, 1.54) is 16.7 Å². The molecular weight excluding hydrogens is 212 g/mol. The molecule has 3 heteroatoms. The van der Waals surface area contributed by atoms with Crippen molar-refractivity contribution in [2.45, 2.75) is 25.9 Å². The Morgan fingerprint density at radius 2 is 2.24 bits per heavy atom. The standard InChI is InChI=1S/C14H22N2O/c1-10-4-5-11(2)12(8-10)14(15-3)13-9-17-7-6-16-13/h4-5,8,13-16H,6-7,9H2,1-3H3. The lowest BCUT2D eigenvalue weighted by molar-refractivity contribution is 0.0645. The van der Waals surface area contributed by atoms with Crippen molar-refractivity contribution in [3.63, 3.8) is 0 Å². The Bertz CT molecular complexity index is 372. The molecule has 1 aliphatic heterocycles. The van der Waals surface area contributed by atoms with Gasteiger partial charge in [-0.1, -0.05) is 23.8 Å². The number of morpholine rings is 1. The van der Waals surface area contributed by atoms with Crippen LogP contribution in [0.1, 0.15) is 22.7 Å². The van der Waals surface area contributed by atoms with E-state index in [0.717, 1.165) is 19.8 Å². The predicted molar refractivity (Wildman–Crippen MR) is 70.3 cm³/mol. The zero-order valence-corrected chi connectivity index (χ0v) is 10.9. The zero-order valence-electron chi connectivity index (χ0n) is 10.9. The first kappa shape index (κ1) is 12.6. The summed E-state index contributed by atoms with van der Waals surface area (Å²) in [6.45, 7) is 6.84. The molecule has 1 saturated heterocycles. The molecule has 1 fully saturated rings. The van der Waals surface area contributed by atoms with E-state index >= 15 is 0 Å². The Balaban J connectivity index is 2.24. The van der Waals surface area contributed by atoms with Crippen LogP contribution in [-0.2, 0) is 4.74 Å². The molecule has 2 atom stereocenters. The maximum absolute atomic E-state index is 5.55. The average Bonchev–Trinajstić information content (AvgIpc) is 2.36. The molecule has 1 aromatic rings. The summed E-state index contributed by atoms with van der Waals surface area (Å²) in [5, 5.41) is 6.94. The van der Waals surface area contributed by atoms with Gasteiger partial charge in [-0.3, -0.25) is 0 Å². The van der Waals surface area contributed by atoms with E-state index in [-0.39, 0.29) is 0 Å². The van der Waals surface area contributed by atoms with Gasteiger partial charge in [0.05, 0.1) is 19.3 Å². The molecule has 94 valence electrons. The number of hydrogen-bond donors (Lipinski definition) is 2. The van der Waals surface area contributed by atoms with Gasteiger partial charge in [-0.15, -0.1) is 0 Å². The maximum atomic E-state index is 5.55. The van der Waals surface area contributed by atoms with Crippen molar-refractivity contribution < 1.29 is 4.74 Å². The normalized spacial score (nSPS) is 22.4. The highest BCUT2D eigenvalue weighted by atomic mass is 16.5. The lowest BCUT2D eigenvalue weighted by Crippen LogP contribution is -2.48. The van der Waals surface area contributed by atoms with Crippen LogP contribution in [-0.4, -0.2) is 32.8 Å². The molecule has 0 bridgehead atoms. The van der Waals surface area contributed by atoms with E-state index in [1.54, 1.807) is 0 Å². The Hall–Kier alpha value is -0.900. The van der Waals surface area contributed by atoms with Crippen LogP contribution < -0.4 is 10.6 Å². The average molecular weight is 234 g/mol. The number of hydrogen-bond acceptors (Lipinski definition) is 3. The molecule has 1 aliphatic rings. The Morgan fingerprint density at radius 1 is 1.41 bits per heavy atom. The molecule has 17 heavy (non-hydrogen) atoms. The largest absolute Gasteiger partial charge is 0.378 e. The second-order valence-corrected chi connectivity index (χ2v) is 4.76. The van der Waals surface area contributed by atoms with E-state index in [2.05, 4.69) is 42.7 Å². The third-order valence-corrected chi connectivity index (χ3v) is 3.43. The van der Waals surface area contributed by atoms with Crippen molar-refractivity contribution in [3.8, 4) is 0 Å². The van der Waals surface area contributed by atoms with E-state index in [9.17, 15) is 0 Å². The zero-order chi connectivity index (χ0) is 12.3. The van der Waals surface area contributed by atoms with Gasteiger partial charge >= 0.3 is 0 Å². The Kier molecular flexibility index (Phi) is 4.15. The second-order valence-electron chi connectivity index (χ2n) is 4.76. The van der Waals surface area contributed by atoms with Crippen molar-refractivity contribution in [1.29, 1.82) is 0 Å². The molecule has 2 rings (SSSR count). The van der Waals surface area contributed by atoms with Crippen LogP contribution in [0.15, 0.2) is 18.2 Å². The summed E-state index contributed by atoms with van der Waals surface area (Å²) in [5.74, 6) is 0. The van der Waals surface area contributed by atoms with Gasteiger partial charge < -0.3 is 15.4 Å². The van der Waals surface area contributed by atoms with Gasteiger partial charge in [0.2, 0.25) is 0 Å². The molecule has 1 aromatic carbocycles. The van der Waals surface area contributed by atoms with Crippen molar-refractivity contribution in [2.75, 3.05) is 26.8 Å². The second kappa shape index (κ2) is 5.63. The number of likely N-dealkylation sites (N-methyl/N-ethyl adjacent to an activating group) is 1. The molecule has 0 spiro atoms. The Morgan fingerprint density at radius 3 is 2.88 bits per heavy atom. The smallest absolute Gasteiger partial charge is 0.0638 e. The molecule has 3 nitrogen and oxygen atoms in total. The van der Waals surface area contributed by atoms with Crippen LogP contribution in [0, 0.1) is 13.8 Å². The quantitative estimate of drug-likeness (QED) is 0.832. The van der Waals surface area contributed by atoms with Crippen LogP contribution in [0.2, 0.25) is 0 Å². The summed E-state index contributed by atoms with van der Waals surface area (Å²) in [6.07, 6.45) is 0. The van der Waals surface area contributed by atoms with Gasteiger partial charge in [-0.25, -0.2) is 0 Å². The van der Waals surface area contributed by atoms with Crippen LogP contribution in [0.3, 0.4) is 0 Å². The van der Waals surface area contributed by atoms with Gasteiger partial charge in [0.15, 0.2) is 0 Å². The predicted octanol–water partition coefficient (Wildman–Crippen LogP) is 1.55. The number of rotatable bonds is 3. The lowest BCUT2D eigenvalue weighted by atomic mass is 9.93. The van der Waals surface area contributed by atoms with E-state index < -0.39 is 0 Å². The van der Waals surface area contributed by atoms with Crippen LogP contribution >= 0.6 is 0 Å². The lowest BCUT2D eigenvalue weighted by Gasteiger charge is -2.32.